The standard InChI is InChI=1S/C21H20N2O2S/c1-15(16-8-3-2-4-9-16)22-21(25)18-11-5-6-12-19(18)23-20(24)14-17-10-7-13-26-17/h2-13,15H,14H2,1H3,(H,22,25)(H,23,24)/t15-/m1/s1. The summed E-state index contributed by atoms with van der Waals surface area (Å²) in [7, 11) is 0. The first-order valence-corrected chi connectivity index (χ1v) is 9.28. The van der Waals surface area contributed by atoms with Gasteiger partial charge in [-0.2, -0.15) is 0 Å². The Labute approximate surface area is 156 Å². The van der Waals surface area contributed by atoms with E-state index in [0.29, 0.717) is 17.7 Å². The van der Waals surface area contributed by atoms with E-state index >= 15 is 0 Å². The van der Waals surface area contributed by atoms with E-state index in [2.05, 4.69) is 10.6 Å². The Morgan fingerprint density at radius 1 is 0.962 bits per heavy atom. The molecule has 0 radical (unpaired) electrons. The van der Waals surface area contributed by atoms with Crippen molar-refractivity contribution in [2.75, 3.05) is 5.32 Å². The highest BCUT2D eigenvalue weighted by atomic mass is 32.1. The van der Waals surface area contributed by atoms with Crippen LogP contribution in [0.15, 0.2) is 72.1 Å². The lowest BCUT2D eigenvalue weighted by molar-refractivity contribution is -0.115. The maximum absolute atomic E-state index is 12.7. The lowest BCUT2D eigenvalue weighted by Crippen LogP contribution is -2.28. The van der Waals surface area contributed by atoms with Gasteiger partial charge in [-0.05, 0) is 36.1 Å². The molecule has 5 heteroatoms. The zero-order valence-corrected chi connectivity index (χ0v) is 15.3. The third kappa shape index (κ3) is 4.58. The van der Waals surface area contributed by atoms with E-state index in [1.54, 1.807) is 24.3 Å². The van der Waals surface area contributed by atoms with Crippen LogP contribution in [0.2, 0.25) is 0 Å². The van der Waals surface area contributed by atoms with Gasteiger partial charge in [-0.1, -0.05) is 48.5 Å². The fourth-order valence-corrected chi connectivity index (χ4v) is 3.36. The van der Waals surface area contributed by atoms with Crippen LogP contribution in [0.1, 0.15) is 33.8 Å². The topological polar surface area (TPSA) is 58.2 Å². The number of carbonyl (C=O) groups is 2. The lowest BCUT2D eigenvalue weighted by atomic mass is 10.1. The molecular weight excluding hydrogens is 344 g/mol. The zero-order valence-electron chi connectivity index (χ0n) is 14.4. The van der Waals surface area contributed by atoms with Crippen molar-refractivity contribution in [2.45, 2.75) is 19.4 Å². The van der Waals surface area contributed by atoms with Crippen molar-refractivity contribution in [1.82, 2.24) is 5.32 Å². The molecule has 3 aromatic rings. The van der Waals surface area contributed by atoms with Crippen molar-refractivity contribution in [1.29, 1.82) is 0 Å². The van der Waals surface area contributed by atoms with Gasteiger partial charge in [0.2, 0.25) is 5.91 Å². The Morgan fingerprint density at radius 3 is 2.42 bits per heavy atom. The van der Waals surface area contributed by atoms with Crippen LogP contribution in [0.25, 0.3) is 0 Å². The minimum atomic E-state index is -0.214. The number of nitrogens with one attached hydrogen (secondary N) is 2. The molecule has 2 amide bonds. The van der Waals surface area contributed by atoms with Crippen LogP contribution in [-0.2, 0) is 11.2 Å². The van der Waals surface area contributed by atoms with Gasteiger partial charge < -0.3 is 10.6 Å². The first kappa shape index (κ1) is 17.9. The SMILES string of the molecule is C[C@@H](NC(=O)c1ccccc1NC(=O)Cc1cccs1)c1ccccc1. The molecule has 1 atom stereocenters. The van der Waals surface area contributed by atoms with E-state index in [0.717, 1.165) is 10.4 Å². The highest BCUT2D eigenvalue weighted by Crippen LogP contribution is 2.19. The number of thiophene rings is 1. The number of hydrogen-bond donors (Lipinski definition) is 2. The quantitative estimate of drug-likeness (QED) is 0.680. The van der Waals surface area contributed by atoms with Gasteiger partial charge in [0.1, 0.15) is 0 Å². The monoisotopic (exact) mass is 364 g/mol. The minimum Gasteiger partial charge on any atom is -0.345 e. The number of anilines is 1. The summed E-state index contributed by atoms with van der Waals surface area (Å²) >= 11 is 1.54. The Balaban J connectivity index is 1.70. The van der Waals surface area contributed by atoms with Crippen LogP contribution in [0, 0.1) is 0 Å². The van der Waals surface area contributed by atoms with Gasteiger partial charge >= 0.3 is 0 Å². The largest absolute Gasteiger partial charge is 0.345 e. The number of benzene rings is 2. The van der Waals surface area contributed by atoms with E-state index in [1.165, 1.54) is 11.3 Å². The Kier molecular flexibility index (Phi) is 5.81. The molecule has 26 heavy (non-hydrogen) atoms. The van der Waals surface area contributed by atoms with Crippen LogP contribution < -0.4 is 10.6 Å². The van der Waals surface area contributed by atoms with Crippen molar-refractivity contribution in [3.8, 4) is 0 Å². The molecule has 132 valence electrons. The van der Waals surface area contributed by atoms with Gasteiger partial charge in [0.05, 0.1) is 23.7 Å². The smallest absolute Gasteiger partial charge is 0.253 e. The van der Waals surface area contributed by atoms with E-state index in [1.807, 2.05) is 54.8 Å². The number of hydrogen-bond acceptors (Lipinski definition) is 3. The third-order valence-electron chi connectivity index (χ3n) is 4.01. The Hall–Kier alpha value is -2.92. The van der Waals surface area contributed by atoms with E-state index < -0.39 is 0 Å². The van der Waals surface area contributed by atoms with Crippen LogP contribution in [0.4, 0.5) is 5.69 Å². The van der Waals surface area contributed by atoms with Crippen molar-refractivity contribution >= 4 is 28.8 Å². The van der Waals surface area contributed by atoms with Crippen molar-refractivity contribution < 1.29 is 9.59 Å². The number of carbonyl (C=O) groups excluding carboxylic acids is 2. The minimum absolute atomic E-state index is 0.126. The summed E-state index contributed by atoms with van der Waals surface area (Å²) in [5.41, 5.74) is 2.00. The summed E-state index contributed by atoms with van der Waals surface area (Å²) in [6.07, 6.45) is 0.300. The summed E-state index contributed by atoms with van der Waals surface area (Å²) in [5, 5.41) is 7.77. The molecule has 0 aliphatic carbocycles. The predicted octanol–water partition coefficient (Wildman–Crippen LogP) is 4.42. The highest BCUT2D eigenvalue weighted by Gasteiger charge is 2.16. The highest BCUT2D eigenvalue weighted by molar-refractivity contribution is 7.10. The molecule has 0 saturated heterocycles. The van der Waals surface area contributed by atoms with Crippen LogP contribution >= 0.6 is 11.3 Å². The second-order valence-corrected chi connectivity index (χ2v) is 6.99. The summed E-state index contributed by atoms with van der Waals surface area (Å²) in [6.45, 7) is 1.94. The molecule has 0 saturated carbocycles. The van der Waals surface area contributed by atoms with Crippen molar-refractivity contribution in [2.24, 2.45) is 0 Å². The van der Waals surface area contributed by atoms with Crippen LogP contribution in [-0.4, -0.2) is 11.8 Å². The van der Waals surface area contributed by atoms with Crippen molar-refractivity contribution in [3.05, 3.63) is 88.1 Å². The third-order valence-corrected chi connectivity index (χ3v) is 4.88. The van der Waals surface area contributed by atoms with Crippen molar-refractivity contribution in [3.63, 3.8) is 0 Å². The molecule has 1 aromatic heterocycles. The summed E-state index contributed by atoms with van der Waals surface area (Å²) in [6, 6.07) is 20.5. The van der Waals surface area contributed by atoms with Gasteiger partial charge in [0, 0.05) is 4.88 Å². The van der Waals surface area contributed by atoms with Gasteiger partial charge in [0.25, 0.3) is 5.91 Å². The summed E-state index contributed by atoms with van der Waals surface area (Å²) in [4.78, 5) is 25.9. The van der Waals surface area contributed by atoms with Crippen LogP contribution in [0.3, 0.4) is 0 Å². The Morgan fingerprint density at radius 2 is 1.69 bits per heavy atom. The molecule has 2 N–H and O–H groups in total. The van der Waals surface area contributed by atoms with E-state index in [9.17, 15) is 9.59 Å². The average Bonchev–Trinajstić information content (AvgIpc) is 3.15. The first-order chi connectivity index (χ1) is 12.6. The molecule has 4 nitrogen and oxygen atoms in total. The van der Waals surface area contributed by atoms with Crippen LogP contribution in [0.5, 0.6) is 0 Å². The predicted molar refractivity (Wildman–Crippen MR) is 105 cm³/mol. The molecular formula is C21H20N2O2S. The molecule has 0 bridgehead atoms. The maximum atomic E-state index is 12.7. The second kappa shape index (κ2) is 8.45. The van der Waals surface area contributed by atoms with Gasteiger partial charge in [0.15, 0.2) is 0 Å². The van der Waals surface area contributed by atoms with Gasteiger partial charge in [-0.25, -0.2) is 0 Å². The fourth-order valence-electron chi connectivity index (χ4n) is 2.66. The molecule has 2 aromatic carbocycles. The normalized spacial score (nSPS) is 11.6. The Bertz CT molecular complexity index is 876. The molecule has 0 aliphatic heterocycles. The number of amides is 2. The molecule has 0 unspecified atom stereocenters. The van der Waals surface area contributed by atoms with E-state index in [4.69, 9.17) is 0 Å². The maximum Gasteiger partial charge on any atom is 0.253 e. The molecule has 0 aliphatic rings. The lowest BCUT2D eigenvalue weighted by Gasteiger charge is -2.16. The summed E-state index contributed by atoms with van der Waals surface area (Å²) in [5.74, 6) is -0.350. The number of para-hydroxylation sites is 1. The fraction of sp³-hybridized carbons (Fsp3) is 0.143. The zero-order chi connectivity index (χ0) is 18.4. The second-order valence-electron chi connectivity index (χ2n) is 5.96. The molecule has 0 spiro atoms. The number of rotatable bonds is 6. The first-order valence-electron chi connectivity index (χ1n) is 8.40. The molecule has 1 heterocycles. The van der Waals surface area contributed by atoms with Gasteiger partial charge in [-0.15, -0.1) is 11.3 Å². The molecule has 0 fully saturated rings. The van der Waals surface area contributed by atoms with Gasteiger partial charge in [-0.3, -0.25) is 9.59 Å². The van der Waals surface area contributed by atoms with E-state index in [-0.39, 0.29) is 17.9 Å². The summed E-state index contributed by atoms with van der Waals surface area (Å²) < 4.78 is 0. The average molecular weight is 364 g/mol. The molecule has 3 rings (SSSR count).